The van der Waals surface area contributed by atoms with E-state index in [2.05, 4.69) is 21.0 Å². The number of hydrogen-bond donors (Lipinski definition) is 1. The third-order valence-electron chi connectivity index (χ3n) is 2.86. The lowest BCUT2D eigenvalue weighted by Gasteiger charge is -2.04. The van der Waals surface area contributed by atoms with Crippen molar-refractivity contribution >= 4 is 33.3 Å². The Balaban J connectivity index is 1.89. The minimum absolute atomic E-state index is 0.564. The van der Waals surface area contributed by atoms with E-state index in [9.17, 15) is 0 Å². The first-order valence-electron chi connectivity index (χ1n) is 5.95. The van der Waals surface area contributed by atoms with Crippen LogP contribution in [0.2, 0.25) is 5.02 Å². The minimum atomic E-state index is 0.564. The molecule has 0 spiro atoms. The van der Waals surface area contributed by atoms with E-state index >= 15 is 0 Å². The van der Waals surface area contributed by atoms with Crippen molar-refractivity contribution in [3.8, 4) is 11.5 Å². The number of aromatic nitrogens is 2. The Morgan fingerprint density at radius 2 is 2.10 bits per heavy atom. The molecule has 0 aliphatic carbocycles. The summed E-state index contributed by atoms with van der Waals surface area (Å²) in [6.07, 6.45) is 0. The van der Waals surface area contributed by atoms with Crippen LogP contribution in [-0.2, 0) is 6.54 Å². The molecule has 3 rings (SSSR count). The summed E-state index contributed by atoms with van der Waals surface area (Å²) in [5.74, 6) is 1.25. The van der Waals surface area contributed by atoms with Gasteiger partial charge in [0.15, 0.2) is 10.4 Å². The lowest BCUT2D eigenvalue weighted by atomic mass is 10.2. The van der Waals surface area contributed by atoms with Gasteiger partial charge in [-0.15, -0.1) is 0 Å². The average Bonchev–Trinajstić information content (AvgIpc) is 2.97. The van der Waals surface area contributed by atoms with Crippen molar-refractivity contribution in [3.63, 3.8) is 0 Å². The summed E-state index contributed by atoms with van der Waals surface area (Å²) < 4.78 is 7.85. The third-order valence-corrected chi connectivity index (χ3v) is 3.52. The molecule has 0 saturated heterocycles. The van der Waals surface area contributed by atoms with Gasteiger partial charge in [0.2, 0.25) is 0 Å². The largest absolute Gasteiger partial charge is 0.448 e. The Morgan fingerprint density at radius 1 is 1.25 bits per heavy atom. The van der Waals surface area contributed by atoms with Crippen molar-refractivity contribution in [1.29, 1.82) is 0 Å². The maximum atomic E-state index is 5.99. The molecule has 0 radical (unpaired) electrons. The van der Waals surface area contributed by atoms with Crippen LogP contribution < -0.4 is 5.73 Å². The molecular weight excluding hydrogens is 342 g/mol. The Labute approximate surface area is 129 Å². The second-order valence-electron chi connectivity index (χ2n) is 4.35. The zero-order valence-electron chi connectivity index (χ0n) is 10.4. The molecule has 2 aromatic heterocycles. The number of anilines is 1. The topological polar surface area (TPSA) is 57.0 Å². The zero-order valence-corrected chi connectivity index (χ0v) is 12.7. The molecule has 1 aromatic carbocycles. The van der Waals surface area contributed by atoms with Gasteiger partial charge in [-0.05, 0) is 45.8 Å². The smallest absolute Gasteiger partial charge is 0.169 e. The van der Waals surface area contributed by atoms with Gasteiger partial charge in [0, 0.05) is 11.1 Å². The Kier molecular flexibility index (Phi) is 3.54. The van der Waals surface area contributed by atoms with E-state index in [1.54, 1.807) is 10.7 Å². The van der Waals surface area contributed by atoms with Crippen LogP contribution in [0.5, 0.6) is 0 Å². The maximum Gasteiger partial charge on any atom is 0.169 e. The fourth-order valence-corrected chi connectivity index (χ4v) is 2.46. The molecule has 0 saturated carbocycles. The van der Waals surface area contributed by atoms with Crippen LogP contribution >= 0.6 is 27.5 Å². The Morgan fingerprint density at radius 3 is 2.80 bits per heavy atom. The van der Waals surface area contributed by atoms with Gasteiger partial charge in [-0.25, -0.2) is 4.68 Å². The predicted molar refractivity (Wildman–Crippen MR) is 82.6 cm³/mol. The first kappa shape index (κ1) is 13.3. The summed E-state index contributed by atoms with van der Waals surface area (Å²) in [6.45, 7) is 0.564. The van der Waals surface area contributed by atoms with E-state index in [0.29, 0.717) is 33.5 Å². The summed E-state index contributed by atoms with van der Waals surface area (Å²) in [5.41, 5.74) is 7.73. The van der Waals surface area contributed by atoms with Gasteiger partial charge in [0.25, 0.3) is 0 Å². The second-order valence-corrected chi connectivity index (χ2v) is 5.56. The lowest BCUT2D eigenvalue weighted by molar-refractivity contribution is 0.551. The van der Waals surface area contributed by atoms with Crippen molar-refractivity contribution in [2.45, 2.75) is 6.54 Å². The highest BCUT2D eigenvalue weighted by Gasteiger charge is 2.11. The predicted octanol–water partition coefficient (Wildman–Crippen LogP) is 4.19. The third kappa shape index (κ3) is 2.73. The number of hydrogen-bond acceptors (Lipinski definition) is 3. The fraction of sp³-hybridized carbons (Fsp3) is 0.0714. The van der Waals surface area contributed by atoms with Crippen molar-refractivity contribution in [3.05, 3.63) is 57.7 Å². The van der Waals surface area contributed by atoms with E-state index in [0.717, 1.165) is 5.56 Å². The molecule has 4 nitrogen and oxygen atoms in total. The highest BCUT2D eigenvalue weighted by Crippen LogP contribution is 2.25. The van der Waals surface area contributed by atoms with Crippen molar-refractivity contribution in [1.82, 2.24) is 9.78 Å². The standard InChI is InChI=1S/C14H11BrClN3O/c15-13-5-4-12(20-13)11-7-14(17)19(18-11)8-9-2-1-3-10(16)6-9/h1-7H,8,17H2. The molecule has 0 amide bonds. The minimum Gasteiger partial charge on any atom is -0.448 e. The number of rotatable bonds is 3. The van der Waals surface area contributed by atoms with Crippen LogP contribution in [0.25, 0.3) is 11.5 Å². The quantitative estimate of drug-likeness (QED) is 0.769. The van der Waals surface area contributed by atoms with Crippen LogP contribution in [-0.4, -0.2) is 9.78 Å². The van der Waals surface area contributed by atoms with Gasteiger partial charge in [0.1, 0.15) is 11.5 Å². The summed E-state index contributed by atoms with van der Waals surface area (Å²) in [4.78, 5) is 0. The molecule has 6 heteroatoms. The normalized spacial score (nSPS) is 10.9. The molecule has 20 heavy (non-hydrogen) atoms. The maximum absolute atomic E-state index is 5.99. The Hall–Kier alpha value is -1.72. The molecule has 102 valence electrons. The molecule has 0 atom stereocenters. The van der Waals surface area contributed by atoms with E-state index in [4.69, 9.17) is 21.8 Å². The molecule has 0 fully saturated rings. The molecule has 0 aliphatic heterocycles. The van der Waals surface area contributed by atoms with Crippen molar-refractivity contribution in [2.75, 3.05) is 5.73 Å². The first-order valence-corrected chi connectivity index (χ1v) is 7.12. The first-order chi connectivity index (χ1) is 9.61. The molecule has 0 bridgehead atoms. The lowest BCUT2D eigenvalue weighted by Crippen LogP contribution is -2.05. The summed E-state index contributed by atoms with van der Waals surface area (Å²) in [6, 6.07) is 13.1. The highest BCUT2D eigenvalue weighted by atomic mass is 79.9. The van der Waals surface area contributed by atoms with Gasteiger partial charge < -0.3 is 10.2 Å². The van der Waals surface area contributed by atoms with Crippen LogP contribution in [0.15, 0.2) is 51.6 Å². The summed E-state index contributed by atoms with van der Waals surface area (Å²) in [7, 11) is 0. The number of nitrogen functional groups attached to an aromatic ring is 1. The van der Waals surface area contributed by atoms with Crippen LogP contribution in [0.1, 0.15) is 5.56 Å². The fourth-order valence-electron chi connectivity index (χ4n) is 1.94. The van der Waals surface area contributed by atoms with E-state index in [1.807, 2.05) is 36.4 Å². The molecule has 0 aliphatic rings. The van der Waals surface area contributed by atoms with E-state index < -0.39 is 0 Å². The average molecular weight is 353 g/mol. The van der Waals surface area contributed by atoms with Gasteiger partial charge in [-0.3, -0.25) is 0 Å². The number of nitrogens with two attached hydrogens (primary N) is 1. The zero-order chi connectivity index (χ0) is 14.1. The molecule has 2 N–H and O–H groups in total. The number of furan rings is 1. The summed E-state index contributed by atoms with van der Waals surface area (Å²) in [5, 5.41) is 5.15. The summed E-state index contributed by atoms with van der Waals surface area (Å²) >= 11 is 9.24. The molecule has 0 unspecified atom stereocenters. The van der Waals surface area contributed by atoms with Crippen molar-refractivity contribution in [2.24, 2.45) is 0 Å². The number of nitrogens with zero attached hydrogens (tertiary/aromatic N) is 2. The van der Waals surface area contributed by atoms with Crippen molar-refractivity contribution < 1.29 is 4.42 Å². The van der Waals surface area contributed by atoms with Crippen LogP contribution in [0, 0.1) is 0 Å². The molecular formula is C14H11BrClN3O. The number of halogens is 2. The van der Waals surface area contributed by atoms with Gasteiger partial charge in [-0.1, -0.05) is 23.7 Å². The van der Waals surface area contributed by atoms with E-state index in [-0.39, 0.29) is 0 Å². The number of benzene rings is 1. The monoisotopic (exact) mass is 351 g/mol. The molecule has 3 aromatic rings. The van der Waals surface area contributed by atoms with Gasteiger partial charge in [-0.2, -0.15) is 5.10 Å². The van der Waals surface area contributed by atoms with E-state index in [1.165, 1.54) is 0 Å². The van der Waals surface area contributed by atoms with Gasteiger partial charge >= 0.3 is 0 Å². The highest BCUT2D eigenvalue weighted by molar-refractivity contribution is 9.10. The van der Waals surface area contributed by atoms with Crippen LogP contribution in [0.3, 0.4) is 0 Å². The Bertz CT molecular complexity index is 750. The SMILES string of the molecule is Nc1cc(-c2ccc(Br)o2)nn1Cc1cccc(Cl)c1. The second kappa shape index (κ2) is 5.34. The molecule has 2 heterocycles. The van der Waals surface area contributed by atoms with Gasteiger partial charge in [0.05, 0.1) is 6.54 Å². The van der Waals surface area contributed by atoms with Crippen LogP contribution in [0.4, 0.5) is 5.82 Å².